The Bertz CT molecular complexity index is 223. The molecular formula is C12H22N2OS. The summed E-state index contributed by atoms with van der Waals surface area (Å²) in [5.41, 5.74) is 0. The van der Waals surface area contributed by atoms with Crippen LogP contribution >= 0.6 is 11.8 Å². The van der Waals surface area contributed by atoms with Gasteiger partial charge in [-0.05, 0) is 49.7 Å². The molecule has 0 saturated carbocycles. The minimum absolute atomic E-state index is 0.0757. The molecule has 1 amide bonds. The zero-order chi connectivity index (χ0) is 11.2. The van der Waals surface area contributed by atoms with Gasteiger partial charge < -0.3 is 10.6 Å². The van der Waals surface area contributed by atoms with Gasteiger partial charge in [0.05, 0.1) is 6.04 Å². The van der Waals surface area contributed by atoms with E-state index in [1.807, 2.05) is 11.8 Å². The normalized spacial score (nSPS) is 27.6. The number of hydrogen-bond acceptors (Lipinski definition) is 3. The highest BCUT2D eigenvalue weighted by Crippen LogP contribution is 2.21. The Hall–Kier alpha value is -0.220. The molecule has 0 aromatic heterocycles. The number of hydrogen-bond donors (Lipinski definition) is 2. The molecule has 0 aromatic carbocycles. The highest BCUT2D eigenvalue weighted by molar-refractivity contribution is 7.99. The van der Waals surface area contributed by atoms with Gasteiger partial charge >= 0.3 is 0 Å². The molecule has 2 rings (SSSR count). The van der Waals surface area contributed by atoms with Crippen molar-refractivity contribution < 1.29 is 4.79 Å². The molecular weight excluding hydrogens is 220 g/mol. The predicted molar refractivity (Wildman–Crippen MR) is 68.7 cm³/mol. The maximum Gasteiger partial charge on any atom is 0.237 e. The summed E-state index contributed by atoms with van der Waals surface area (Å²) >= 11 is 2.04. The molecule has 2 fully saturated rings. The molecule has 0 bridgehead atoms. The van der Waals surface area contributed by atoms with Gasteiger partial charge in [0.15, 0.2) is 0 Å². The summed E-state index contributed by atoms with van der Waals surface area (Å²) in [5, 5.41) is 6.40. The number of piperidine rings is 1. The Morgan fingerprint density at radius 2 is 2.06 bits per heavy atom. The Morgan fingerprint density at radius 1 is 1.25 bits per heavy atom. The van der Waals surface area contributed by atoms with Crippen LogP contribution in [0.5, 0.6) is 0 Å². The van der Waals surface area contributed by atoms with Gasteiger partial charge in [-0.15, -0.1) is 0 Å². The monoisotopic (exact) mass is 242 g/mol. The number of carbonyl (C=O) groups excluding carboxylic acids is 1. The summed E-state index contributed by atoms with van der Waals surface area (Å²) in [7, 11) is 0. The van der Waals surface area contributed by atoms with Crippen molar-refractivity contribution >= 4 is 17.7 Å². The van der Waals surface area contributed by atoms with E-state index in [0.717, 1.165) is 19.5 Å². The second-order valence-electron chi connectivity index (χ2n) is 4.80. The van der Waals surface area contributed by atoms with Crippen molar-refractivity contribution in [3.05, 3.63) is 0 Å². The van der Waals surface area contributed by atoms with Gasteiger partial charge in [-0.3, -0.25) is 4.79 Å². The molecule has 2 heterocycles. The number of carbonyl (C=O) groups is 1. The maximum absolute atomic E-state index is 11.9. The SMILES string of the molecule is O=C(NCC1CCSCC1)[C@H]1CCCCN1. The maximum atomic E-state index is 11.9. The van der Waals surface area contributed by atoms with Crippen LogP contribution in [0.25, 0.3) is 0 Å². The molecule has 0 unspecified atom stereocenters. The lowest BCUT2D eigenvalue weighted by molar-refractivity contribution is -0.123. The number of thioether (sulfide) groups is 1. The molecule has 1 atom stereocenters. The van der Waals surface area contributed by atoms with Crippen molar-refractivity contribution in [2.45, 2.75) is 38.1 Å². The summed E-state index contributed by atoms with van der Waals surface area (Å²) in [4.78, 5) is 11.9. The Morgan fingerprint density at radius 3 is 2.75 bits per heavy atom. The van der Waals surface area contributed by atoms with Crippen LogP contribution in [0.2, 0.25) is 0 Å². The van der Waals surface area contributed by atoms with Crippen molar-refractivity contribution in [2.24, 2.45) is 5.92 Å². The van der Waals surface area contributed by atoms with E-state index in [-0.39, 0.29) is 11.9 Å². The number of nitrogens with one attached hydrogen (secondary N) is 2. The van der Waals surface area contributed by atoms with E-state index in [2.05, 4.69) is 10.6 Å². The number of amides is 1. The van der Waals surface area contributed by atoms with E-state index < -0.39 is 0 Å². The third-order valence-electron chi connectivity index (χ3n) is 3.53. The fourth-order valence-electron chi connectivity index (χ4n) is 2.39. The van der Waals surface area contributed by atoms with Gasteiger partial charge in [0.25, 0.3) is 0 Å². The Labute approximate surface area is 102 Å². The standard InChI is InChI=1S/C12H22N2OS/c15-12(11-3-1-2-6-13-11)14-9-10-4-7-16-8-5-10/h10-11,13H,1-9H2,(H,14,15)/t11-/m1/s1. The summed E-state index contributed by atoms with van der Waals surface area (Å²) in [6, 6.07) is 0.0757. The van der Waals surface area contributed by atoms with Crippen molar-refractivity contribution in [1.82, 2.24) is 10.6 Å². The summed E-state index contributed by atoms with van der Waals surface area (Å²) in [6.45, 7) is 1.88. The fraction of sp³-hybridized carbons (Fsp3) is 0.917. The average Bonchev–Trinajstić information content (AvgIpc) is 2.38. The highest BCUT2D eigenvalue weighted by Gasteiger charge is 2.21. The van der Waals surface area contributed by atoms with Crippen molar-refractivity contribution in [2.75, 3.05) is 24.6 Å². The molecule has 0 aromatic rings. The van der Waals surface area contributed by atoms with Crippen LogP contribution < -0.4 is 10.6 Å². The van der Waals surface area contributed by atoms with Crippen LogP contribution in [0.4, 0.5) is 0 Å². The average molecular weight is 242 g/mol. The molecule has 2 N–H and O–H groups in total. The summed E-state index contributed by atoms with van der Waals surface area (Å²) < 4.78 is 0. The first-order chi connectivity index (χ1) is 7.86. The molecule has 92 valence electrons. The van der Waals surface area contributed by atoms with Gasteiger partial charge in [0, 0.05) is 6.54 Å². The van der Waals surface area contributed by atoms with Gasteiger partial charge in [0.1, 0.15) is 0 Å². The minimum atomic E-state index is 0.0757. The third-order valence-corrected chi connectivity index (χ3v) is 4.58. The Balaban J connectivity index is 1.65. The molecule has 2 aliphatic heterocycles. The lowest BCUT2D eigenvalue weighted by atomic mass is 10.0. The van der Waals surface area contributed by atoms with E-state index >= 15 is 0 Å². The van der Waals surface area contributed by atoms with Gasteiger partial charge in [-0.1, -0.05) is 6.42 Å². The van der Waals surface area contributed by atoms with Gasteiger partial charge in [0.2, 0.25) is 5.91 Å². The molecule has 2 aliphatic rings. The first-order valence-corrected chi connectivity index (χ1v) is 7.60. The largest absolute Gasteiger partial charge is 0.354 e. The second-order valence-corrected chi connectivity index (χ2v) is 6.03. The molecule has 16 heavy (non-hydrogen) atoms. The van der Waals surface area contributed by atoms with E-state index in [0.29, 0.717) is 5.92 Å². The molecule has 0 aliphatic carbocycles. The molecule has 3 nitrogen and oxygen atoms in total. The van der Waals surface area contributed by atoms with E-state index in [9.17, 15) is 4.79 Å². The lowest BCUT2D eigenvalue weighted by Crippen LogP contribution is -2.47. The van der Waals surface area contributed by atoms with Crippen LogP contribution in [0, 0.1) is 5.92 Å². The second kappa shape index (κ2) is 6.50. The molecule has 2 saturated heterocycles. The summed E-state index contributed by atoms with van der Waals surface area (Å²) in [5.74, 6) is 3.47. The predicted octanol–water partition coefficient (Wildman–Crippen LogP) is 1.39. The molecule has 4 heteroatoms. The zero-order valence-corrected chi connectivity index (χ0v) is 10.7. The third kappa shape index (κ3) is 3.67. The van der Waals surface area contributed by atoms with E-state index in [1.165, 1.54) is 37.2 Å². The van der Waals surface area contributed by atoms with Crippen LogP contribution in [0.15, 0.2) is 0 Å². The van der Waals surface area contributed by atoms with Crippen LogP contribution in [-0.2, 0) is 4.79 Å². The summed E-state index contributed by atoms with van der Waals surface area (Å²) in [6.07, 6.45) is 5.94. The Kier molecular flexibility index (Phi) is 4.97. The molecule has 0 radical (unpaired) electrons. The van der Waals surface area contributed by atoms with Crippen LogP contribution in [0.3, 0.4) is 0 Å². The van der Waals surface area contributed by atoms with Crippen molar-refractivity contribution in [1.29, 1.82) is 0 Å². The topological polar surface area (TPSA) is 41.1 Å². The van der Waals surface area contributed by atoms with Gasteiger partial charge in [-0.25, -0.2) is 0 Å². The van der Waals surface area contributed by atoms with Crippen molar-refractivity contribution in [3.8, 4) is 0 Å². The highest BCUT2D eigenvalue weighted by atomic mass is 32.2. The van der Waals surface area contributed by atoms with E-state index in [1.54, 1.807) is 0 Å². The zero-order valence-electron chi connectivity index (χ0n) is 9.84. The van der Waals surface area contributed by atoms with Crippen LogP contribution in [-0.4, -0.2) is 36.5 Å². The smallest absolute Gasteiger partial charge is 0.237 e. The molecule has 0 spiro atoms. The van der Waals surface area contributed by atoms with Crippen LogP contribution in [0.1, 0.15) is 32.1 Å². The first-order valence-electron chi connectivity index (χ1n) is 6.45. The fourth-order valence-corrected chi connectivity index (χ4v) is 3.60. The van der Waals surface area contributed by atoms with Gasteiger partial charge in [-0.2, -0.15) is 11.8 Å². The number of rotatable bonds is 3. The minimum Gasteiger partial charge on any atom is -0.354 e. The quantitative estimate of drug-likeness (QED) is 0.786. The van der Waals surface area contributed by atoms with Crippen molar-refractivity contribution in [3.63, 3.8) is 0 Å². The van der Waals surface area contributed by atoms with E-state index in [4.69, 9.17) is 0 Å². The first kappa shape index (κ1) is 12.2. The lowest BCUT2D eigenvalue weighted by Gasteiger charge is -2.25.